The van der Waals surface area contributed by atoms with Crippen LogP contribution in [0.1, 0.15) is 5.56 Å². The third-order valence-electron chi connectivity index (χ3n) is 3.54. The van der Waals surface area contributed by atoms with Crippen LogP contribution in [0.2, 0.25) is 0 Å². The number of nitrogens with one attached hydrogen (secondary N) is 1. The average molecular weight is 295 g/mol. The van der Waals surface area contributed by atoms with Crippen molar-refractivity contribution in [1.82, 2.24) is 4.98 Å². The molecule has 1 aromatic heterocycles. The van der Waals surface area contributed by atoms with Crippen LogP contribution >= 0.6 is 0 Å². The number of hydrogen-bond acceptors (Lipinski definition) is 3. The van der Waals surface area contributed by atoms with Crippen LogP contribution in [0.25, 0.3) is 10.8 Å². The number of rotatable bonds is 5. The molecule has 4 nitrogen and oxygen atoms in total. The van der Waals surface area contributed by atoms with Crippen molar-refractivity contribution in [3.63, 3.8) is 0 Å². The third-order valence-corrected chi connectivity index (χ3v) is 3.54. The van der Waals surface area contributed by atoms with E-state index in [4.69, 9.17) is 9.47 Å². The Morgan fingerprint density at radius 1 is 1.05 bits per heavy atom. The first-order chi connectivity index (χ1) is 10.8. The third kappa shape index (κ3) is 3.11. The Hall–Kier alpha value is -2.75. The van der Waals surface area contributed by atoms with Gasteiger partial charge in [0.05, 0.1) is 13.7 Å². The fraction of sp³-hybridized carbons (Fsp3) is 0.167. The number of methoxy groups -OCH3 is 1. The van der Waals surface area contributed by atoms with Gasteiger partial charge in [-0.2, -0.15) is 0 Å². The SMILES string of the molecule is COc1cccc(OCCc2ccc3c(=O)[nH]ccc3c2)c1. The topological polar surface area (TPSA) is 51.3 Å². The summed E-state index contributed by atoms with van der Waals surface area (Å²) in [6, 6.07) is 15.3. The highest BCUT2D eigenvalue weighted by Gasteiger charge is 2.01. The fourth-order valence-electron chi connectivity index (χ4n) is 2.37. The normalized spacial score (nSPS) is 10.6. The van der Waals surface area contributed by atoms with Gasteiger partial charge in [0.25, 0.3) is 5.56 Å². The molecule has 0 saturated carbocycles. The van der Waals surface area contributed by atoms with Crippen molar-refractivity contribution in [2.24, 2.45) is 0 Å². The number of aromatic nitrogens is 1. The average Bonchev–Trinajstić information content (AvgIpc) is 2.55. The lowest BCUT2D eigenvalue weighted by atomic mass is 10.1. The number of H-pyrrole nitrogens is 1. The minimum Gasteiger partial charge on any atom is -0.497 e. The molecule has 0 saturated heterocycles. The molecule has 0 spiro atoms. The highest BCUT2D eigenvalue weighted by atomic mass is 16.5. The molecule has 1 heterocycles. The van der Waals surface area contributed by atoms with Gasteiger partial charge in [-0.05, 0) is 35.2 Å². The van der Waals surface area contributed by atoms with Crippen LogP contribution in [0.5, 0.6) is 11.5 Å². The van der Waals surface area contributed by atoms with Gasteiger partial charge in [-0.25, -0.2) is 0 Å². The van der Waals surface area contributed by atoms with Crippen LogP contribution in [-0.4, -0.2) is 18.7 Å². The number of hydrogen-bond donors (Lipinski definition) is 1. The molecular formula is C18H17NO3. The minimum atomic E-state index is -0.0586. The van der Waals surface area contributed by atoms with Gasteiger partial charge in [-0.15, -0.1) is 0 Å². The molecular weight excluding hydrogens is 278 g/mol. The number of benzene rings is 2. The summed E-state index contributed by atoms with van der Waals surface area (Å²) in [5.41, 5.74) is 1.08. The van der Waals surface area contributed by atoms with Gasteiger partial charge in [0.15, 0.2) is 0 Å². The van der Waals surface area contributed by atoms with Crippen molar-refractivity contribution in [2.75, 3.05) is 13.7 Å². The molecule has 2 aromatic carbocycles. The summed E-state index contributed by atoms with van der Waals surface area (Å²) in [4.78, 5) is 14.3. The van der Waals surface area contributed by atoms with Crippen molar-refractivity contribution >= 4 is 10.8 Å². The van der Waals surface area contributed by atoms with Crippen LogP contribution in [0, 0.1) is 0 Å². The molecule has 0 aliphatic heterocycles. The zero-order valence-corrected chi connectivity index (χ0v) is 12.3. The molecule has 4 heteroatoms. The summed E-state index contributed by atoms with van der Waals surface area (Å²) in [6.45, 7) is 0.571. The van der Waals surface area contributed by atoms with E-state index in [0.717, 1.165) is 28.9 Å². The molecule has 0 aliphatic carbocycles. The number of pyridine rings is 1. The van der Waals surface area contributed by atoms with Gasteiger partial charge in [0, 0.05) is 24.1 Å². The van der Waals surface area contributed by atoms with Gasteiger partial charge < -0.3 is 14.5 Å². The van der Waals surface area contributed by atoms with Crippen molar-refractivity contribution in [2.45, 2.75) is 6.42 Å². The predicted octanol–water partition coefficient (Wildman–Crippen LogP) is 3.16. The largest absolute Gasteiger partial charge is 0.497 e. The summed E-state index contributed by atoms with van der Waals surface area (Å²) in [6.07, 6.45) is 2.45. The summed E-state index contributed by atoms with van der Waals surface area (Å²) in [7, 11) is 1.63. The van der Waals surface area contributed by atoms with E-state index in [2.05, 4.69) is 4.98 Å². The van der Waals surface area contributed by atoms with Crippen LogP contribution in [0.3, 0.4) is 0 Å². The van der Waals surface area contributed by atoms with Gasteiger partial charge >= 0.3 is 0 Å². The summed E-state index contributed by atoms with van der Waals surface area (Å²) in [5.74, 6) is 1.57. The Kier molecular flexibility index (Phi) is 4.10. The van der Waals surface area contributed by atoms with Crippen LogP contribution < -0.4 is 15.0 Å². The van der Waals surface area contributed by atoms with E-state index in [1.165, 1.54) is 0 Å². The monoisotopic (exact) mass is 295 g/mol. The molecule has 3 rings (SSSR count). The molecule has 1 N–H and O–H groups in total. The van der Waals surface area contributed by atoms with Crippen LogP contribution in [0.4, 0.5) is 0 Å². The Labute approximate surface area is 128 Å². The second kappa shape index (κ2) is 6.35. The van der Waals surface area contributed by atoms with Gasteiger partial charge in [-0.1, -0.05) is 18.2 Å². The molecule has 0 atom stereocenters. The maximum absolute atomic E-state index is 11.7. The zero-order chi connectivity index (χ0) is 15.4. The van der Waals surface area contributed by atoms with E-state index in [-0.39, 0.29) is 5.56 Å². The molecule has 0 aliphatic rings. The second-order valence-corrected chi connectivity index (χ2v) is 5.01. The molecule has 0 unspecified atom stereocenters. The molecule has 0 fully saturated rings. The Morgan fingerprint density at radius 3 is 2.77 bits per heavy atom. The van der Waals surface area contributed by atoms with Crippen molar-refractivity contribution in [3.8, 4) is 11.5 Å². The van der Waals surface area contributed by atoms with Gasteiger partial charge in [0.2, 0.25) is 0 Å². The first-order valence-electron chi connectivity index (χ1n) is 7.13. The summed E-state index contributed by atoms with van der Waals surface area (Å²) < 4.78 is 10.9. The van der Waals surface area contributed by atoms with E-state index >= 15 is 0 Å². The molecule has 0 amide bonds. The zero-order valence-electron chi connectivity index (χ0n) is 12.3. The molecule has 3 aromatic rings. The Morgan fingerprint density at radius 2 is 1.91 bits per heavy atom. The lowest BCUT2D eigenvalue weighted by molar-refractivity contribution is 0.319. The van der Waals surface area contributed by atoms with E-state index in [9.17, 15) is 4.79 Å². The van der Waals surface area contributed by atoms with E-state index in [0.29, 0.717) is 12.0 Å². The highest BCUT2D eigenvalue weighted by Crippen LogP contribution is 2.19. The van der Waals surface area contributed by atoms with Crippen molar-refractivity contribution < 1.29 is 9.47 Å². The molecule has 22 heavy (non-hydrogen) atoms. The summed E-state index contributed by atoms with van der Waals surface area (Å²) >= 11 is 0. The second-order valence-electron chi connectivity index (χ2n) is 5.01. The Bertz CT molecular complexity index is 839. The number of fused-ring (bicyclic) bond motifs is 1. The lowest BCUT2D eigenvalue weighted by Gasteiger charge is -2.08. The fourth-order valence-corrected chi connectivity index (χ4v) is 2.37. The van der Waals surface area contributed by atoms with E-state index in [1.54, 1.807) is 13.3 Å². The Balaban J connectivity index is 1.67. The standard InChI is InChI=1S/C18H17NO3/c1-21-15-3-2-4-16(12-15)22-10-8-13-5-6-17-14(11-13)7-9-19-18(17)20/h2-7,9,11-12H,8,10H2,1H3,(H,19,20). The van der Waals surface area contributed by atoms with Crippen molar-refractivity contribution in [1.29, 1.82) is 0 Å². The van der Waals surface area contributed by atoms with Gasteiger partial charge in [0.1, 0.15) is 11.5 Å². The van der Waals surface area contributed by atoms with Crippen LogP contribution in [-0.2, 0) is 6.42 Å². The molecule has 0 bridgehead atoms. The maximum Gasteiger partial charge on any atom is 0.255 e. The van der Waals surface area contributed by atoms with Crippen molar-refractivity contribution in [3.05, 3.63) is 70.6 Å². The van der Waals surface area contributed by atoms with Gasteiger partial charge in [-0.3, -0.25) is 4.79 Å². The maximum atomic E-state index is 11.7. The summed E-state index contributed by atoms with van der Waals surface area (Å²) in [5, 5.41) is 1.66. The highest BCUT2D eigenvalue weighted by molar-refractivity contribution is 5.81. The van der Waals surface area contributed by atoms with Crippen LogP contribution in [0.15, 0.2) is 59.5 Å². The quantitative estimate of drug-likeness (QED) is 0.786. The minimum absolute atomic E-state index is 0.0586. The number of aromatic amines is 1. The first kappa shape index (κ1) is 14.2. The first-order valence-corrected chi connectivity index (χ1v) is 7.13. The molecule has 0 radical (unpaired) electrons. The van der Waals surface area contributed by atoms with E-state index in [1.807, 2.05) is 48.5 Å². The smallest absolute Gasteiger partial charge is 0.255 e. The number of ether oxygens (including phenoxy) is 2. The predicted molar refractivity (Wildman–Crippen MR) is 86.8 cm³/mol. The van der Waals surface area contributed by atoms with E-state index < -0.39 is 0 Å². The lowest BCUT2D eigenvalue weighted by Crippen LogP contribution is -2.05. The molecule has 112 valence electrons.